The Morgan fingerprint density at radius 3 is 3.08 bits per heavy atom. The number of hydrogen-bond donors (Lipinski definition) is 0. The highest BCUT2D eigenvalue weighted by Crippen LogP contribution is 2.34. The Bertz CT molecular complexity index is 834. The van der Waals surface area contributed by atoms with Crippen molar-refractivity contribution in [3.05, 3.63) is 60.2 Å². The molecule has 1 fully saturated rings. The molecule has 3 aromatic rings. The number of likely N-dealkylation sites (tertiary alicyclic amines) is 1. The average Bonchev–Trinajstić information content (AvgIpc) is 3.32. The third-order valence-electron chi connectivity index (χ3n) is 4.57. The quantitative estimate of drug-likeness (QED) is 0.711. The molecule has 1 aliphatic heterocycles. The van der Waals surface area contributed by atoms with E-state index in [-0.39, 0.29) is 0 Å². The predicted molar refractivity (Wildman–Crippen MR) is 92.9 cm³/mol. The third kappa shape index (κ3) is 3.39. The monoisotopic (exact) mass is 336 g/mol. The molecule has 128 valence electrons. The Labute approximate surface area is 146 Å². The zero-order chi connectivity index (χ0) is 17.1. The van der Waals surface area contributed by atoms with Crippen LogP contribution in [0.5, 0.6) is 5.75 Å². The van der Waals surface area contributed by atoms with E-state index in [0.717, 1.165) is 30.7 Å². The number of benzene rings is 1. The second kappa shape index (κ2) is 7.03. The van der Waals surface area contributed by atoms with E-state index in [9.17, 15) is 0 Å². The molecule has 1 aliphatic rings. The zero-order valence-electron chi connectivity index (χ0n) is 14.1. The minimum absolute atomic E-state index is 0.351. The number of methoxy groups -OCH3 is 1. The highest BCUT2D eigenvalue weighted by molar-refractivity contribution is 5.51. The first kappa shape index (κ1) is 15.8. The predicted octanol–water partition coefficient (Wildman–Crippen LogP) is 3.48. The van der Waals surface area contributed by atoms with E-state index < -0.39 is 0 Å². The van der Waals surface area contributed by atoms with Crippen LogP contribution in [0.1, 0.15) is 30.3 Å². The third-order valence-corrected chi connectivity index (χ3v) is 4.57. The number of rotatable bonds is 5. The van der Waals surface area contributed by atoms with Gasteiger partial charge in [-0.15, -0.1) is 0 Å². The molecule has 3 heterocycles. The minimum Gasteiger partial charge on any atom is -0.497 e. The van der Waals surface area contributed by atoms with Gasteiger partial charge in [-0.25, -0.2) is 0 Å². The van der Waals surface area contributed by atoms with Crippen LogP contribution in [-0.2, 0) is 6.54 Å². The Morgan fingerprint density at radius 2 is 2.24 bits per heavy atom. The van der Waals surface area contributed by atoms with Gasteiger partial charge in [0, 0.05) is 24.0 Å². The van der Waals surface area contributed by atoms with Gasteiger partial charge in [-0.2, -0.15) is 4.98 Å². The lowest BCUT2D eigenvalue weighted by Crippen LogP contribution is -2.23. The summed E-state index contributed by atoms with van der Waals surface area (Å²) in [6.45, 7) is 1.67. The Kier molecular flexibility index (Phi) is 4.43. The van der Waals surface area contributed by atoms with Crippen LogP contribution in [0.2, 0.25) is 0 Å². The summed E-state index contributed by atoms with van der Waals surface area (Å²) in [6.07, 6.45) is 5.75. The Morgan fingerprint density at radius 1 is 1.28 bits per heavy atom. The first-order valence-electron chi connectivity index (χ1n) is 8.44. The SMILES string of the molecule is COc1cccc(C2CCCN2Cc2nc(-c3cccnc3)no2)c1. The van der Waals surface area contributed by atoms with Gasteiger partial charge in [-0.3, -0.25) is 9.88 Å². The van der Waals surface area contributed by atoms with Crippen LogP contribution in [-0.4, -0.2) is 33.7 Å². The second-order valence-electron chi connectivity index (χ2n) is 6.16. The summed E-state index contributed by atoms with van der Waals surface area (Å²) in [5.74, 6) is 2.11. The van der Waals surface area contributed by atoms with Crippen LogP contribution in [0.25, 0.3) is 11.4 Å². The molecule has 6 heteroatoms. The van der Waals surface area contributed by atoms with Crippen LogP contribution in [0, 0.1) is 0 Å². The maximum absolute atomic E-state index is 5.45. The maximum atomic E-state index is 5.45. The molecule has 0 bridgehead atoms. The van der Waals surface area contributed by atoms with Crippen molar-refractivity contribution >= 4 is 0 Å². The molecule has 4 rings (SSSR count). The molecule has 0 radical (unpaired) electrons. The minimum atomic E-state index is 0.351. The van der Waals surface area contributed by atoms with E-state index in [2.05, 4.69) is 32.2 Å². The molecule has 0 saturated carbocycles. The van der Waals surface area contributed by atoms with Crippen LogP contribution in [0.3, 0.4) is 0 Å². The Hall–Kier alpha value is -2.73. The molecule has 1 unspecified atom stereocenters. The van der Waals surface area contributed by atoms with Crippen molar-refractivity contribution in [3.63, 3.8) is 0 Å². The van der Waals surface area contributed by atoms with E-state index >= 15 is 0 Å². The normalized spacial score (nSPS) is 17.7. The molecular weight excluding hydrogens is 316 g/mol. The van der Waals surface area contributed by atoms with Crippen LogP contribution in [0.15, 0.2) is 53.3 Å². The van der Waals surface area contributed by atoms with E-state index in [0.29, 0.717) is 24.3 Å². The molecule has 6 nitrogen and oxygen atoms in total. The van der Waals surface area contributed by atoms with Crippen molar-refractivity contribution in [3.8, 4) is 17.1 Å². The first-order valence-corrected chi connectivity index (χ1v) is 8.44. The van der Waals surface area contributed by atoms with Crippen molar-refractivity contribution < 1.29 is 9.26 Å². The fourth-order valence-electron chi connectivity index (χ4n) is 3.35. The highest BCUT2D eigenvalue weighted by Gasteiger charge is 2.28. The lowest BCUT2D eigenvalue weighted by Gasteiger charge is -2.23. The number of pyridine rings is 1. The molecule has 1 atom stereocenters. The van der Waals surface area contributed by atoms with Crippen molar-refractivity contribution in [2.45, 2.75) is 25.4 Å². The molecule has 1 aromatic carbocycles. The van der Waals surface area contributed by atoms with Crippen molar-refractivity contribution in [2.75, 3.05) is 13.7 Å². The summed E-state index contributed by atoms with van der Waals surface area (Å²) in [5, 5.41) is 4.08. The largest absolute Gasteiger partial charge is 0.497 e. The summed E-state index contributed by atoms with van der Waals surface area (Å²) in [5.41, 5.74) is 2.13. The Balaban J connectivity index is 1.51. The van der Waals surface area contributed by atoms with Crippen molar-refractivity contribution in [2.24, 2.45) is 0 Å². The summed E-state index contributed by atoms with van der Waals surface area (Å²) in [6, 6.07) is 12.4. The number of nitrogens with zero attached hydrogens (tertiary/aromatic N) is 4. The first-order chi connectivity index (χ1) is 12.3. The molecule has 25 heavy (non-hydrogen) atoms. The smallest absolute Gasteiger partial charge is 0.241 e. The van der Waals surface area contributed by atoms with Gasteiger partial charge in [0.05, 0.1) is 13.7 Å². The van der Waals surface area contributed by atoms with Gasteiger partial charge in [-0.05, 0) is 49.2 Å². The van der Waals surface area contributed by atoms with Gasteiger partial charge in [0.1, 0.15) is 5.75 Å². The van der Waals surface area contributed by atoms with Gasteiger partial charge < -0.3 is 9.26 Å². The van der Waals surface area contributed by atoms with Gasteiger partial charge in [0.15, 0.2) is 0 Å². The van der Waals surface area contributed by atoms with E-state index in [4.69, 9.17) is 9.26 Å². The molecule has 0 aliphatic carbocycles. The number of aromatic nitrogens is 3. The second-order valence-corrected chi connectivity index (χ2v) is 6.16. The average molecular weight is 336 g/mol. The number of ether oxygens (including phenoxy) is 1. The maximum Gasteiger partial charge on any atom is 0.241 e. The standard InChI is InChI=1S/C19H20N4O2/c1-24-16-7-2-5-14(11-16)17-8-4-10-23(17)13-18-21-19(22-25-18)15-6-3-9-20-12-15/h2-3,5-7,9,11-12,17H,4,8,10,13H2,1H3. The van der Waals surface area contributed by atoms with Gasteiger partial charge >= 0.3 is 0 Å². The van der Waals surface area contributed by atoms with Gasteiger partial charge in [0.2, 0.25) is 11.7 Å². The summed E-state index contributed by atoms with van der Waals surface area (Å²) in [7, 11) is 1.70. The summed E-state index contributed by atoms with van der Waals surface area (Å²) >= 11 is 0. The molecule has 0 N–H and O–H groups in total. The van der Waals surface area contributed by atoms with Gasteiger partial charge in [-0.1, -0.05) is 17.3 Å². The van der Waals surface area contributed by atoms with E-state index in [1.165, 1.54) is 5.56 Å². The lowest BCUT2D eigenvalue weighted by molar-refractivity contribution is 0.212. The number of hydrogen-bond acceptors (Lipinski definition) is 6. The summed E-state index contributed by atoms with van der Waals surface area (Å²) in [4.78, 5) is 11.0. The topological polar surface area (TPSA) is 64.3 Å². The van der Waals surface area contributed by atoms with E-state index in [1.807, 2.05) is 24.3 Å². The fourth-order valence-corrected chi connectivity index (χ4v) is 3.35. The van der Waals surface area contributed by atoms with Crippen LogP contribution >= 0.6 is 0 Å². The van der Waals surface area contributed by atoms with E-state index in [1.54, 1.807) is 19.5 Å². The highest BCUT2D eigenvalue weighted by atomic mass is 16.5. The lowest BCUT2D eigenvalue weighted by atomic mass is 10.0. The van der Waals surface area contributed by atoms with Crippen LogP contribution < -0.4 is 4.74 Å². The van der Waals surface area contributed by atoms with Crippen molar-refractivity contribution in [1.82, 2.24) is 20.0 Å². The van der Waals surface area contributed by atoms with Crippen molar-refractivity contribution in [1.29, 1.82) is 0 Å². The van der Waals surface area contributed by atoms with Gasteiger partial charge in [0.25, 0.3) is 0 Å². The molecule has 2 aromatic heterocycles. The molecule has 0 amide bonds. The van der Waals surface area contributed by atoms with Crippen LogP contribution in [0.4, 0.5) is 0 Å². The fraction of sp³-hybridized carbons (Fsp3) is 0.316. The molecule has 0 spiro atoms. The molecular formula is C19H20N4O2. The molecule has 1 saturated heterocycles. The summed E-state index contributed by atoms with van der Waals surface area (Å²) < 4.78 is 10.8. The zero-order valence-corrected chi connectivity index (χ0v) is 14.1.